The third kappa shape index (κ3) is 4.70. The van der Waals surface area contributed by atoms with Gasteiger partial charge in [-0.15, -0.1) is 0 Å². The maximum absolute atomic E-state index is 13.3. The number of rotatable bonds is 5. The van der Waals surface area contributed by atoms with Gasteiger partial charge in [0.15, 0.2) is 0 Å². The Labute approximate surface area is 209 Å². The summed E-state index contributed by atoms with van der Waals surface area (Å²) in [5.41, 5.74) is 6.58. The van der Waals surface area contributed by atoms with Crippen LogP contribution in [0.5, 0.6) is 0 Å². The maximum atomic E-state index is 13.3. The Morgan fingerprint density at radius 2 is 1.71 bits per heavy atom. The summed E-state index contributed by atoms with van der Waals surface area (Å²) in [5.74, 6) is 0.865. The third-order valence-corrected chi connectivity index (χ3v) is 6.44. The highest BCUT2D eigenvalue weighted by Crippen LogP contribution is 2.38. The number of halogens is 1. The first-order valence-corrected chi connectivity index (χ1v) is 11.8. The Kier molecular flexibility index (Phi) is 6.14. The number of nitrogens with zero attached hydrogens (tertiary/aromatic N) is 3. The number of hydrogen-bond donors (Lipinski definition) is 1. The molecule has 5 rings (SSSR count). The Bertz CT molecular complexity index is 1410. The van der Waals surface area contributed by atoms with Crippen LogP contribution in [0.15, 0.2) is 83.0 Å². The number of nitrogens with one attached hydrogen (secondary N) is 1. The lowest BCUT2D eigenvalue weighted by atomic mass is 9.94. The van der Waals surface area contributed by atoms with Gasteiger partial charge >= 0.3 is 6.03 Å². The van der Waals surface area contributed by atoms with Crippen molar-refractivity contribution in [2.75, 3.05) is 0 Å². The van der Waals surface area contributed by atoms with Crippen molar-refractivity contribution in [3.05, 3.63) is 112 Å². The van der Waals surface area contributed by atoms with Crippen molar-refractivity contribution in [3.8, 4) is 11.4 Å². The molecule has 0 saturated carbocycles. The molecular weight excluding hydrogens is 460 g/mol. The first-order valence-electron chi connectivity index (χ1n) is 11.4. The molecule has 4 aromatic rings. The summed E-state index contributed by atoms with van der Waals surface area (Å²) in [6, 6.07) is 22.8. The van der Waals surface area contributed by atoms with E-state index in [1.54, 1.807) is 17.0 Å². The predicted octanol–water partition coefficient (Wildman–Crippen LogP) is 6.70. The Morgan fingerprint density at radius 3 is 2.43 bits per heavy atom. The van der Waals surface area contributed by atoms with Crippen molar-refractivity contribution >= 4 is 23.2 Å². The van der Waals surface area contributed by atoms with Gasteiger partial charge in [-0.1, -0.05) is 88.5 Å². The second kappa shape index (κ2) is 9.39. The van der Waals surface area contributed by atoms with Gasteiger partial charge in [0, 0.05) is 16.3 Å². The molecule has 1 N–H and O–H groups in total. The normalized spacial score (nSPS) is 15.9. The minimum Gasteiger partial charge on any atom is -0.334 e. The Hall–Kier alpha value is -3.90. The van der Waals surface area contributed by atoms with Crippen molar-refractivity contribution in [2.45, 2.75) is 33.4 Å². The zero-order valence-corrected chi connectivity index (χ0v) is 20.5. The standard InChI is InChI=1S/C28H25ClN4O2/c1-17-7-9-22(10-8-17)26-31-27(35-32-26)24-19(3)33(16-20-6-4-5-18(2)15-20)28(34)30-25(24)21-11-13-23(29)14-12-21/h4-15,25H,16H2,1-3H3,(H,30,34). The van der Waals surface area contributed by atoms with Crippen LogP contribution < -0.4 is 5.32 Å². The average Bonchev–Trinajstić information content (AvgIpc) is 3.32. The van der Waals surface area contributed by atoms with Crippen molar-refractivity contribution < 1.29 is 9.32 Å². The average molecular weight is 485 g/mol. The molecule has 3 aromatic carbocycles. The highest BCUT2D eigenvalue weighted by molar-refractivity contribution is 6.30. The van der Waals surface area contributed by atoms with Crippen LogP contribution in [-0.4, -0.2) is 21.1 Å². The van der Waals surface area contributed by atoms with Crippen LogP contribution in [0.1, 0.15) is 41.1 Å². The molecule has 1 unspecified atom stereocenters. The molecule has 6 nitrogen and oxygen atoms in total. The summed E-state index contributed by atoms with van der Waals surface area (Å²) < 4.78 is 5.76. The largest absolute Gasteiger partial charge is 0.334 e. The molecule has 2 amide bonds. The highest BCUT2D eigenvalue weighted by Gasteiger charge is 2.35. The first-order chi connectivity index (χ1) is 16.9. The summed E-state index contributed by atoms with van der Waals surface area (Å²) in [6.07, 6.45) is 0. The number of amides is 2. The lowest BCUT2D eigenvalue weighted by Crippen LogP contribution is -2.45. The number of hydrogen-bond acceptors (Lipinski definition) is 4. The molecule has 2 heterocycles. The topological polar surface area (TPSA) is 71.3 Å². The third-order valence-electron chi connectivity index (χ3n) is 6.19. The van der Waals surface area contributed by atoms with Gasteiger partial charge in [0.25, 0.3) is 5.89 Å². The van der Waals surface area contributed by atoms with Crippen LogP contribution in [0, 0.1) is 13.8 Å². The molecule has 1 aliphatic rings. The smallest absolute Gasteiger partial charge is 0.322 e. The van der Waals surface area contributed by atoms with Crippen LogP contribution in [0.3, 0.4) is 0 Å². The molecule has 7 heteroatoms. The lowest BCUT2D eigenvalue weighted by Gasteiger charge is -2.35. The number of carbonyl (C=O) groups is 1. The van der Waals surface area contributed by atoms with E-state index in [1.807, 2.05) is 75.4 Å². The SMILES string of the molecule is CC1=C(c2nc(-c3ccc(C)cc3)no2)C(c2ccc(Cl)cc2)NC(=O)N1Cc1cccc(C)c1. The molecular formula is C28H25ClN4O2. The first kappa shape index (κ1) is 22.9. The highest BCUT2D eigenvalue weighted by atomic mass is 35.5. The van der Waals surface area contributed by atoms with Crippen molar-refractivity contribution in [2.24, 2.45) is 0 Å². The van der Waals surface area contributed by atoms with Gasteiger partial charge in [-0.05, 0) is 44.0 Å². The summed E-state index contributed by atoms with van der Waals surface area (Å²) >= 11 is 6.12. The molecule has 1 atom stereocenters. The van der Waals surface area contributed by atoms with E-state index in [1.165, 1.54) is 0 Å². The zero-order chi connectivity index (χ0) is 24.5. The van der Waals surface area contributed by atoms with Crippen LogP contribution in [0.25, 0.3) is 17.0 Å². The van der Waals surface area contributed by atoms with Crippen LogP contribution in [-0.2, 0) is 6.54 Å². The van der Waals surface area contributed by atoms with Crippen molar-refractivity contribution in [1.29, 1.82) is 0 Å². The van der Waals surface area contributed by atoms with Crippen LogP contribution >= 0.6 is 11.6 Å². The number of aryl methyl sites for hydroxylation is 2. The fraction of sp³-hybridized carbons (Fsp3) is 0.179. The van der Waals surface area contributed by atoms with E-state index in [0.29, 0.717) is 23.3 Å². The molecule has 0 saturated heterocycles. The minimum atomic E-state index is -0.458. The Balaban J connectivity index is 1.59. The summed E-state index contributed by atoms with van der Waals surface area (Å²) in [4.78, 5) is 19.7. The number of urea groups is 1. The molecule has 0 spiro atoms. The van der Waals surface area contributed by atoms with Crippen molar-refractivity contribution in [1.82, 2.24) is 20.4 Å². The van der Waals surface area contributed by atoms with E-state index in [0.717, 1.165) is 39.1 Å². The maximum Gasteiger partial charge on any atom is 0.322 e. The number of carbonyl (C=O) groups excluding carboxylic acids is 1. The van der Waals surface area contributed by atoms with Gasteiger partial charge in [0.2, 0.25) is 5.82 Å². The minimum absolute atomic E-state index is 0.189. The van der Waals surface area contributed by atoms with Crippen LogP contribution in [0.4, 0.5) is 4.79 Å². The fourth-order valence-corrected chi connectivity index (χ4v) is 4.43. The van der Waals surface area contributed by atoms with Gasteiger partial charge in [-0.25, -0.2) is 4.79 Å². The fourth-order valence-electron chi connectivity index (χ4n) is 4.30. The quantitative estimate of drug-likeness (QED) is 0.342. The van der Waals surface area contributed by atoms with E-state index in [-0.39, 0.29) is 6.03 Å². The van der Waals surface area contributed by atoms with Crippen LogP contribution in [0.2, 0.25) is 5.02 Å². The molecule has 0 radical (unpaired) electrons. The molecule has 35 heavy (non-hydrogen) atoms. The molecule has 0 bridgehead atoms. The van der Waals surface area contributed by atoms with Gasteiger partial charge < -0.3 is 9.84 Å². The van der Waals surface area contributed by atoms with Gasteiger partial charge in [-0.3, -0.25) is 4.90 Å². The van der Waals surface area contributed by atoms with E-state index in [2.05, 4.69) is 16.5 Å². The monoisotopic (exact) mass is 484 g/mol. The van der Waals surface area contributed by atoms with E-state index in [4.69, 9.17) is 21.1 Å². The predicted molar refractivity (Wildman–Crippen MR) is 137 cm³/mol. The van der Waals surface area contributed by atoms with E-state index in [9.17, 15) is 4.79 Å². The molecule has 1 aromatic heterocycles. The summed E-state index contributed by atoms with van der Waals surface area (Å²) in [5, 5.41) is 7.99. The number of aromatic nitrogens is 2. The lowest BCUT2D eigenvalue weighted by molar-refractivity contribution is 0.203. The van der Waals surface area contributed by atoms with E-state index >= 15 is 0 Å². The van der Waals surface area contributed by atoms with Gasteiger partial charge in [0.05, 0.1) is 18.2 Å². The van der Waals surface area contributed by atoms with Crippen molar-refractivity contribution in [3.63, 3.8) is 0 Å². The molecule has 176 valence electrons. The van der Waals surface area contributed by atoms with Gasteiger partial charge in [-0.2, -0.15) is 4.98 Å². The second-order valence-electron chi connectivity index (χ2n) is 8.80. The molecule has 0 fully saturated rings. The summed E-state index contributed by atoms with van der Waals surface area (Å²) in [7, 11) is 0. The zero-order valence-electron chi connectivity index (χ0n) is 19.7. The number of benzene rings is 3. The molecule has 0 aliphatic carbocycles. The summed E-state index contributed by atoms with van der Waals surface area (Å²) in [6.45, 7) is 6.41. The van der Waals surface area contributed by atoms with E-state index < -0.39 is 6.04 Å². The molecule has 1 aliphatic heterocycles. The number of allylic oxidation sites excluding steroid dienone is 1. The second-order valence-corrected chi connectivity index (χ2v) is 9.23. The Morgan fingerprint density at radius 1 is 0.971 bits per heavy atom. The van der Waals surface area contributed by atoms with Gasteiger partial charge in [0.1, 0.15) is 0 Å².